The quantitative estimate of drug-likeness (QED) is 0.896. The van der Waals surface area contributed by atoms with Gasteiger partial charge in [-0.25, -0.2) is 0 Å². The Morgan fingerprint density at radius 3 is 2.82 bits per heavy atom. The molecule has 2 heterocycles. The lowest BCUT2D eigenvalue weighted by molar-refractivity contribution is 0.103. The minimum Gasteiger partial charge on any atom is -0.304 e. The van der Waals surface area contributed by atoms with Gasteiger partial charge in [0.1, 0.15) is 0 Å². The molecule has 0 aliphatic carbocycles. The first kappa shape index (κ1) is 12.1. The second-order valence-corrected chi connectivity index (χ2v) is 5.64. The van der Waals surface area contributed by atoms with Gasteiger partial charge in [0.2, 0.25) is 0 Å². The molecule has 0 bridgehead atoms. The molecule has 0 aliphatic rings. The zero-order valence-electron chi connectivity index (χ0n) is 9.45. The predicted octanol–water partition coefficient (Wildman–Crippen LogP) is 3.50. The third kappa shape index (κ3) is 2.87. The van der Waals surface area contributed by atoms with E-state index >= 15 is 0 Å². The lowest BCUT2D eigenvalue weighted by atomic mass is 10.1. The second kappa shape index (κ2) is 4.89. The minimum atomic E-state index is -0.191. The van der Waals surface area contributed by atoms with E-state index in [1.165, 1.54) is 11.3 Å². The lowest BCUT2D eigenvalue weighted by Crippen LogP contribution is -2.10. The van der Waals surface area contributed by atoms with Crippen LogP contribution in [0.15, 0.2) is 18.2 Å². The Kier molecular flexibility index (Phi) is 3.49. The van der Waals surface area contributed by atoms with Gasteiger partial charge >= 0.3 is 0 Å². The summed E-state index contributed by atoms with van der Waals surface area (Å²) in [4.78, 5) is 12.4. The number of halogens is 1. The van der Waals surface area contributed by atoms with Crippen LogP contribution in [0.2, 0.25) is 4.34 Å². The van der Waals surface area contributed by atoms with Crippen LogP contribution in [0.3, 0.4) is 0 Å². The third-order valence-electron chi connectivity index (χ3n) is 2.26. The Labute approximate surface area is 108 Å². The van der Waals surface area contributed by atoms with E-state index < -0.39 is 0 Å². The molecule has 0 radical (unpaired) electrons. The summed E-state index contributed by atoms with van der Waals surface area (Å²) in [5, 5.41) is 9.62. The van der Waals surface area contributed by atoms with Gasteiger partial charge in [-0.15, -0.1) is 11.3 Å². The Hall–Kier alpha value is -1.33. The fourth-order valence-corrected chi connectivity index (χ4v) is 2.25. The second-order valence-electron chi connectivity index (χ2n) is 3.92. The maximum Gasteiger partial charge on any atom is 0.266 e. The van der Waals surface area contributed by atoms with Gasteiger partial charge in [0.05, 0.1) is 9.21 Å². The van der Waals surface area contributed by atoms with Crippen molar-refractivity contribution in [1.29, 1.82) is 0 Å². The van der Waals surface area contributed by atoms with Crippen LogP contribution < -0.4 is 5.32 Å². The SMILES string of the molecule is CC(C)c1cc(NC(=O)c2ccc(Cl)s2)n[nH]1. The van der Waals surface area contributed by atoms with Gasteiger partial charge in [0.15, 0.2) is 5.82 Å². The highest BCUT2D eigenvalue weighted by Crippen LogP contribution is 2.22. The van der Waals surface area contributed by atoms with Crippen LogP contribution in [0.5, 0.6) is 0 Å². The van der Waals surface area contributed by atoms with Crippen molar-refractivity contribution in [3.63, 3.8) is 0 Å². The molecule has 2 rings (SSSR count). The molecule has 0 aromatic carbocycles. The van der Waals surface area contributed by atoms with Crippen LogP contribution in [0, 0.1) is 0 Å². The van der Waals surface area contributed by atoms with E-state index in [1.54, 1.807) is 12.1 Å². The molecule has 6 heteroatoms. The molecule has 0 unspecified atom stereocenters. The summed E-state index contributed by atoms with van der Waals surface area (Å²) in [6.45, 7) is 4.11. The summed E-state index contributed by atoms with van der Waals surface area (Å²) in [6, 6.07) is 5.22. The molecular weight excluding hydrogens is 258 g/mol. The van der Waals surface area contributed by atoms with Gasteiger partial charge in [-0.2, -0.15) is 5.10 Å². The van der Waals surface area contributed by atoms with Crippen molar-refractivity contribution in [3.05, 3.63) is 33.1 Å². The fourth-order valence-electron chi connectivity index (χ4n) is 1.31. The molecule has 4 nitrogen and oxygen atoms in total. The molecule has 17 heavy (non-hydrogen) atoms. The number of carbonyl (C=O) groups excluding carboxylic acids is 1. The van der Waals surface area contributed by atoms with E-state index in [1.807, 2.05) is 6.07 Å². The zero-order chi connectivity index (χ0) is 12.4. The molecule has 2 aromatic heterocycles. The van der Waals surface area contributed by atoms with Crippen molar-refractivity contribution in [3.8, 4) is 0 Å². The van der Waals surface area contributed by atoms with Gasteiger partial charge < -0.3 is 5.32 Å². The number of anilines is 1. The number of aromatic nitrogens is 2. The number of amides is 1. The van der Waals surface area contributed by atoms with Gasteiger partial charge in [0.25, 0.3) is 5.91 Å². The molecule has 0 saturated heterocycles. The molecular formula is C11H12ClN3OS. The number of nitrogens with one attached hydrogen (secondary N) is 2. The van der Waals surface area contributed by atoms with E-state index in [4.69, 9.17) is 11.6 Å². The third-order valence-corrected chi connectivity index (χ3v) is 3.49. The summed E-state index contributed by atoms with van der Waals surface area (Å²) in [5.41, 5.74) is 0.990. The first-order chi connectivity index (χ1) is 8.06. The first-order valence-electron chi connectivity index (χ1n) is 5.18. The molecule has 0 atom stereocenters. The standard InChI is InChI=1S/C11H12ClN3OS/c1-6(2)7-5-10(15-14-7)13-11(16)8-3-4-9(12)17-8/h3-6H,1-2H3,(H2,13,14,15,16). The first-order valence-corrected chi connectivity index (χ1v) is 6.37. The Morgan fingerprint density at radius 2 is 2.29 bits per heavy atom. The largest absolute Gasteiger partial charge is 0.304 e. The number of hydrogen-bond donors (Lipinski definition) is 2. The van der Waals surface area contributed by atoms with Crippen LogP contribution in [0.1, 0.15) is 35.1 Å². The highest BCUT2D eigenvalue weighted by atomic mass is 35.5. The minimum absolute atomic E-state index is 0.191. The zero-order valence-corrected chi connectivity index (χ0v) is 11.0. The average Bonchev–Trinajstić information content (AvgIpc) is 2.86. The fraction of sp³-hybridized carbons (Fsp3) is 0.273. The van der Waals surface area contributed by atoms with Crippen molar-refractivity contribution in [2.75, 3.05) is 5.32 Å². The van der Waals surface area contributed by atoms with Gasteiger partial charge in [-0.1, -0.05) is 25.4 Å². The van der Waals surface area contributed by atoms with Gasteiger partial charge in [-0.05, 0) is 18.1 Å². The van der Waals surface area contributed by atoms with Crippen molar-refractivity contribution >= 4 is 34.7 Å². The summed E-state index contributed by atoms with van der Waals surface area (Å²) < 4.78 is 0.597. The molecule has 2 N–H and O–H groups in total. The molecule has 0 spiro atoms. The number of rotatable bonds is 3. The van der Waals surface area contributed by atoms with E-state index in [-0.39, 0.29) is 5.91 Å². The lowest BCUT2D eigenvalue weighted by Gasteiger charge is -1.98. The van der Waals surface area contributed by atoms with Crippen LogP contribution >= 0.6 is 22.9 Å². The van der Waals surface area contributed by atoms with Gasteiger partial charge in [0, 0.05) is 11.8 Å². The monoisotopic (exact) mass is 269 g/mol. The van der Waals surface area contributed by atoms with E-state index in [2.05, 4.69) is 29.4 Å². The maximum atomic E-state index is 11.8. The van der Waals surface area contributed by atoms with Crippen LogP contribution in [-0.4, -0.2) is 16.1 Å². The summed E-state index contributed by atoms with van der Waals surface area (Å²) in [5.74, 6) is 0.691. The Bertz CT molecular complexity index is 532. The maximum absolute atomic E-state index is 11.8. The van der Waals surface area contributed by atoms with E-state index in [0.29, 0.717) is 20.9 Å². The molecule has 0 saturated carbocycles. The smallest absolute Gasteiger partial charge is 0.266 e. The highest BCUT2D eigenvalue weighted by Gasteiger charge is 2.11. The summed E-state index contributed by atoms with van der Waals surface area (Å²) >= 11 is 7.01. The molecule has 0 aliphatic heterocycles. The van der Waals surface area contributed by atoms with Crippen molar-refractivity contribution in [1.82, 2.24) is 10.2 Å². The molecule has 90 valence electrons. The van der Waals surface area contributed by atoms with Crippen molar-refractivity contribution in [2.45, 2.75) is 19.8 Å². The van der Waals surface area contributed by atoms with Crippen LogP contribution in [0.4, 0.5) is 5.82 Å². The van der Waals surface area contributed by atoms with Gasteiger partial charge in [-0.3, -0.25) is 9.89 Å². The summed E-state index contributed by atoms with van der Waals surface area (Å²) in [6.07, 6.45) is 0. The Morgan fingerprint density at radius 1 is 1.53 bits per heavy atom. The Balaban J connectivity index is 2.07. The molecule has 1 amide bonds. The van der Waals surface area contributed by atoms with Crippen LogP contribution in [0.25, 0.3) is 0 Å². The number of H-pyrrole nitrogens is 1. The number of hydrogen-bond acceptors (Lipinski definition) is 3. The van der Waals surface area contributed by atoms with Crippen molar-refractivity contribution < 1.29 is 4.79 Å². The predicted molar refractivity (Wildman–Crippen MR) is 70.0 cm³/mol. The molecule has 0 fully saturated rings. The normalized spacial score (nSPS) is 10.8. The summed E-state index contributed by atoms with van der Waals surface area (Å²) in [7, 11) is 0. The van der Waals surface area contributed by atoms with E-state index in [9.17, 15) is 4.79 Å². The number of nitrogens with zero attached hydrogens (tertiary/aromatic N) is 1. The van der Waals surface area contributed by atoms with E-state index in [0.717, 1.165) is 5.69 Å². The average molecular weight is 270 g/mol. The van der Waals surface area contributed by atoms with Crippen LogP contribution in [-0.2, 0) is 0 Å². The highest BCUT2D eigenvalue weighted by molar-refractivity contribution is 7.18. The number of aromatic amines is 1. The topological polar surface area (TPSA) is 57.8 Å². The van der Waals surface area contributed by atoms with Crippen molar-refractivity contribution in [2.24, 2.45) is 0 Å². The number of carbonyl (C=O) groups is 1. The number of thiophene rings is 1. The molecule has 2 aromatic rings.